The van der Waals surface area contributed by atoms with Crippen molar-refractivity contribution >= 4 is 5.91 Å². The standard InChI is InChI=1S/C35H67NO5/c1-3-5-7-9-11-13-15-17-19-20-22-24-26-28-32(38)34(40)31(30-37)36-35(41)33(39)29-27-25-23-21-18-16-14-12-10-8-6-4-2/h13,15,20,22,31-34,37-40H,3-12,14,16-19,21,23-30H2,1-2H3,(H,36,41)/b15-13+,22-20+. The summed E-state index contributed by atoms with van der Waals surface area (Å²) < 4.78 is 0. The normalized spacial score (nSPS) is 15.0. The summed E-state index contributed by atoms with van der Waals surface area (Å²) >= 11 is 0. The number of rotatable bonds is 30. The Hall–Kier alpha value is -1.21. The van der Waals surface area contributed by atoms with Crippen molar-refractivity contribution < 1.29 is 25.2 Å². The van der Waals surface area contributed by atoms with Gasteiger partial charge in [0.15, 0.2) is 0 Å². The Labute approximate surface area is 253 Å². The Bertz CT molecular complexity index is 624. The van der Waals surface area contributed by atoms with Crippen LogP contribution in [0.15, 0.2) is 24.3 Å². The van der Waals surface area contributed by atoms with Gasteiger partial charge in [-0.05, 0) is 51.4 Å². The largest absolute Gasteiger partial charge is 0.394 e. The molecular formula is C35H67NO5. The van der Waals surface area contributed by atoms with E-state index < -0.39 is 36.9 Å². The van der Waals surface area contributed by atoms with Crippen LogP contribution in [0.4, 0.5) is 0 Å². The van der Waals surface area contributed by atoms with Crippen molar-refractivity contribution in [3.63, 3.8) is 0 Å². The predicted octanol–water partition coefficient (Wildman–Crippen LogP) is 7.67. The van der Waals surface area contributed by atoms with E-state index in [9.17, 15) is 25.2 Å². The van der Waals surface area contributed by atoms with E-state index in [1.807, 2.05) is 0 Å². The molecule has 0 bridgehead atoms. The van der Waals surface area contributed by atoms with E-state index in [0.717, 1.165) is 44.9 Å². The quantitative estimate of drug-likeness (QED) is 0.0442. The minimum absolute atomic E-state index is 0.362. The summed E-state index contributed by atoms with van der Waals surface area (Å²) in [6.45, 7) is 3.97. The predicted molar refractivity (Wildman–Crippen MR) is 173 cm³/mol. The van der Waals surface area contributed by atoms with Crippen LogP contribution in [0.3, 0.4) is 0 Å². The molecule has 0 aromatic carbocycles. The van der Waals surface area contributed by atoms with E-state index in [1.165, 1.54) is 83.5 Å². The Balaban J connectivity index is 3.93. The third-order valence-corrected chi connectivity index (χ3v) is 7.89. The van der Waals surface area contributed by atoms with Crippen LogP contribution in [0.5, 0.6) is 0 Å². The molecule has 4 atom stereocenters. The Morgan fingerprint density at radius 1 is 0.585 bits per heavy atom. The zero-order valence-corrected chi connectivity index (χ0v) is 26.8. The Kier molecular flexibility index (Phi) is 29.4. The summed E-state index contributed by atoms with van der Waals surface area (Å²) in [5, 5.41) is 43.2. The fraction of sp³-hybridized carbons (Fsp3) is 0.857. The van der Waals surface area contributed by atoms with Crippen molar-refractivity contribution in [2.24, 2.45) is 0 Å². The van der Waals surface area contributed by atoms with Crippen molar-refractivity contribution in [2.75, 3.05) is 6.61 Å². The number of aliphatic hydroxyl groups excluding tert-OH is 4. The Morgan fingerprint density at radius 3 is 1.54 bits per heavy atom. The molecule has 0 rings (SSSR count). The van der Waals surface area contributed by atoms with Gasteiger partial charge >= 0.3 is 0 Å². The SMILES string of the molecule is CCCCCC/C=C/CC/C=C/CCCC(O)C(O)C(CO)NC(=O)C(O)CCCCCCCCCCCCCC. The summed E-state index contributed by atoms with van der Waals surface area (Å²) in [5.41, 5.74) is 0. The maximum atomic E-state index is 12.4. The highest BCUT2D eigenvalue weighted by molar-refractivity contribution is 5.80. The fourth-order valence-electron chi connectivity index (χ4n) is 5.06. The van der Waals surface area contributed by atoms with Gasteiger partial charge in [-0.15, -0.1) is 0 Å². The van der Waals surface area contributed by atoms with Gasteiger partial charge in [0.05, 0.1) is 18.8 Å². The van der Waals surface area contributed by atoms with Gasteiger partial charge in [-0.25, -0.2) is 0 Å². The number of nitrogens with one attached hydrogen (secondary N) is 1. The molecule has 0 saturated heterocycles. The van der Waals surface area contributed by atoms with Crippen LogP contribution in [-0.4, -0.2) is 57.3 Å². The van der Waals surface area contributed by atoms with Gasteiger partial charge in [-0.3, -0.25) is 4.79 Å². The molecule has 0 aromatic rings. The third kappa shape index (κ3) is 25.0. The molecule has 0 aliphatic heterocycles. The second-order valence-electron chi connectivity index (χ2n) is 11.8. The van der Waals surface area contributed by atoms with Gasteiger partial charge in [0, 0.05) is 0 Å². The molecule has 5 N–H and O–H groups in total. The first-order chi connectivity index (χ1) is 20.0. The second-order valence-corrected chi connectivity index (χ2v) is 11.8. The molecule has 41 heavy (non-hydrogen) atoms. The Morgan fingerprint density at radius 2 is 1.02 bits per heavy atom. The molecule has 0 aliphatic rings. The van der Waals surface area contributed by atoms with Crippen molar-refractivity contribution in [3.8, 4) is 0 Å². The van der Waals surface area contributed by atoms with Crippen molar-refractivity contribution in [3.05, 3.63) is 24.3 Å². The molecule has 0 aromatic heterocycles. The summed E-state index contributed by atoms with van der Waals surface area (Å²) in [4.78, 5) is 12.4. The van der Waals surface area contributed by atoms with E-state index in [0.29, 0.717) is 19.3 Å². The monoisotopic (exact) mass is 582 g/mol. The zero-order chi connectivity index (χ0) is 30.4. The molecule has 0 radical (unpaired) electrons. The number of amides is 1. The fourth-order valence-corrected chi connectivity index (χ4v) is 5.06. The molecule has 6 heteroatoms. The summed E-state index contributed by atoms with van der Waals surface area (Å²) in [6.07, 6.45) is 30.5. The molecule has 1 amide bonds. The van der Waals surface area contributed by atoms with Crippen LogP contribution in [0, 0.1) is 0 Å². The van der Waals surface area contributed by atoms with Crippen LogP contribution in [0.25, 0.3) is 0 Å². The molecule has 4 unspecified atom stereocenters. The number of allylic oxidation sites excluding steroid dienone is 4. The number of hydrogen-bond acceptors (Lipinski definition) is 5. The molecule has 6 nitrogen and oxygen atoms in total. The molecule has 0 fully saturated rings. The second kappa shape index (κ2) is 30.3. The zero-order valence-electron chi connectivity index (χ0n) is 26.8. The van der Waals surface area contributed by atoms with E-state index in [4.69, 9.17) is 0 Å². The lowest BCUT2D eigenvalue weighted by atomic mass is 10.00. The maximum Gasteiger partial charge on any atom is 0.249 e. The number of carbonyl (C=O) groups excluding carboxylic acids is 1. The van der Waals surface area contributed by atoms with Gasteiger partial charge in [-0.1, -0.05) is 134 Å². The molecule has 0 spiro atoms. The van der Waals surface area contributed by atoms with Gasteiger partial charge in [-0.2, -0.15) is 0 Å². The summed E-state index contributed by atoms with van der Waals surface area (Å²) in [7, 11) is 0. The van der Waals surface area contributed by atoms with Gasteiger partial charge in [0.25, 0.3) is 0 Å². The van der Waals surface area contributed by atoms with Gasteiger partial charge in [0.2, 0.25) is 5.91 Å². The number of carbonyl (C=O) groups is 1. The highest BCUT2D eigenvalue weighted by Gasteiger charge is 2.28. The molecule has 242 valence electrons. The van der Waals surface area contributed by atoms with Gasteiger partial charge < -0.3 is 25.7 Å². The lowest BCUT2D eigenvalue weighted by Gasteiger charge is -2.27. The third-order valence-electron chi connectivity index (χ3n) is 7.89. The van der Waals surface area contributed by atoms with Crippen molar-refractivity contribution in [1.82, 2.24) is 5.32 Å². The van der Waals surface area contributed by atoms with Crippen LogP contribution in [0.2, 0.25) is 0 Å². The topological polar surface area (TPSA) is 110 Å². The van der Waals surface area contributed by atoms with E-state index in [2.05, 4.69) is 43.5 Å². The first-order valence-corrected chi connectivity index (χ1v) is 17.2. The molecule has 0 aliphatic carbocycles. The molecule has 0 saturated carbocycles. The lowest BCUT2D eigenvalue weighted by Crippen LogP contribution is -2.53. The lowest BCUT2D eigenvalue weighted by molar-refractivity contribution is -0.132. The minimum Gasteiger partial charge on any atom is -0.394 e. The molecular weight excluding hydrogens is 514 g/mol. The van der Waals surface area contributed by atoms with Gasteiger partial charge in [0.1, 0.15) is 12.2 Å². The first-order valence-electron chi connectivity index (χ1n) is 17.2. The summed E-state index contributed by atoms with van der Waals surface area (Å²) in [6, 6.07) is -1.00. The van der Waals surface area contributed by atoms with Crippen molar-refractivity contribution in [2.45, 2.75) is 186 Å². The first kappa shape index (κ1) is 39.8. The van der Waals surface area contributed by atoms with E-state index >= 15 is 0 Å². The van der Waals surface area contributed by atoms with Crippen molar-refractivity contribution in [1.29, 1.82) is 0 Å². The van der Waals surface area contributed by atoms with Crippen LogP contribution >= 0.6 is 0 Å². The van der Waals surface area contributed by atoms with E-state index in [-0.39, 0.29) is 0 Å². The van der Waals surface area contributed by atoms with Crippen LogP contribution in [-0.2, 0) is 4.79 Å². The molecule has 0 heterocycles. The summed E-state index contributed by atoms with van der Waals surface area (Å²) in [5.74, 6) is -0.601. The average Bonchev–Trinajstić information content (AvgIpc) is 2.98. The number of unbranched alkanes of at least 4 members (excludes halogenated alkanes) is 17. The van der Waals surface area contributed by atoms with Crippen LogP contribution < -0.4 is 5.32 Å². The highest BCUT2D eigenvalue weighted by Crippen LogP contribution is 2.14. The van der Waals surface area contributed by atoms with E-state index in [1.54, 1.807) is 0 Å². The smallest absolute Gasteiger partial charge is 0.249 e. The minimum atomic E-state index is -1.28. The van der Waals surface area contributed by atoms with Crippen LogP contribution in [0.1, 0.15) is 162 Å². The highest BCUT2D eigenvalue weighted by atomic mass is 16.3. The number of hydrogen-bond donors (Lipinski definition) is 5. The maximum absolute atomic E-state index is 12.4. The number of aliphatic hydroxyl groups is 4. The average molecular weight is 582 g/mol.